The molecule has 2 amide bonds. The Kier molecular flexibility index (Phi) is 6.80. The zero-order valence-electron chi connectivity index (χ0n) is 14.2. The Bertz CT molecular complexity index is 598. The average molecular weight is 327 g/mol. The standard InChI is InChI=1S/C19H25N3O2/c1-14-7-9-16(10-8-14)18(23)22-13-17(19(24)21-12-11-20)15-5-3-2-4-6-15/h7-10,15,17H,2-6,12-13H2,1H3,(H,21,24)(H,22,23). The van der Waals surface area contributed by atoms with E-state index in [1.165, 1.54) is 6.42 Å². The predicted molar refractivity (Wildman–Crippen MR) is 92.2 cm³/mol. The molecule has 0 aliphatic heterocycles. The topological polar surface area (TPSA) is 82.0 Å². The van der Waals surface area contributed by atoms with Crippen LogP contribution in [0, 0.1) is 30.1 Å². The summed E-state index contributed by atoms with van der Waals surface area (Å²) in [6.07, 6.45) is 5.46. The summed E-state index contributed by atoms with van der Waals surface area (Å²) in [6, 6.07) is 9.30. The van der Waals surface area contributed by atoms with Gasteiger partial charge in [-0.2, -0.15) is 5.26 Å². The maximum atomic E-state index is 12.4. The minimum absolute atomic E-state index is 0.00790. The van der Waals surface area contributed by atoms with Gasteiger partial charge in [0.05, 0.1) is 12.0 Å². The second kappa shape index (κ2) is 9.07. The summed E-state index contributed by atoms with van der Waals surface area (Å²) in [5.74, 6) is -0.291. The van der Waals surface area contributed by atoms with Crippen molar-refractivity contribution in [1.29, 1.82) is 5.26 Å². The van der Waals surface area contributed by atoms with E-state index in [0.29, 0.717) is 12.1 Å². The Balaban J connectivity index is 1.98. The van der Waals surface area contributed by atoms with Gasteiger partial charge in [0, 0.05) is 12.1 Å². The Hall–Kier alpha value is -2.35. The number of carbonyl (C=O) groups is 2. The molecule has 5 heteroatoms. The second-order valence-corrected chi connectivity index (χ2v) is 6.46. The molecule has 0 aromatic heterocycles. The summed E-state index contributed by atoms with van der Waals surface area (Å²) < 4.78 is 0. The minimum atomic E-state index is -0.270. The largest absolute Gasteiger partial charge is 0.351 e. The zero-order valence-corrected chi connectivity index (χ0v) is 14.2. The Morgan fingerprint density at radius 2 is 1.83 bits per heavy atom. The van der Waals surface area contributed by atoms with Crippen molar-refractivity contribution in [2.24, 2.45) is 11.8 Å². The van der Waals surface area contributed by atoms with Gasteiger partial charge in [0.1, 0.15) is 6.54 Å². The third-order valence-corrected chi connectivity index (χ3v) is 4.69. The summed E-state index contributed by atoms with van der Waals surface area (Å²) in [5, 5.41) is 14.2. The molecule has 1 aliphatic rings. The molecule has 5 nitrogen and oxygen atoms in total. The van der Waals surface area contributed by atoms with Crippen LogP contribution < -0.4 is 10.6 Å². The van der Waals surface area contributed by atoms with E-state index in [-0.39, 0.29) is 30.2 Å². The van der Waals surface area contributed by atoms with Crippen LogP contribution in [-0.2, 0) is 4.79 Å². The molecule has 1 aromatic carbocycles. The molecule has 2 rings (SSSR count). The fourth-order valence-corrected chi connectivity index (χ4v) is 3.28. The normalized spacial score (nSPS) is 16.0. The molecule has 1 atom stereocenters. The summed E-state index contributed by atoms with van der Waals surface area (Å²) in [4.78, 5) is 24.7. The van der Waals surface area contributed by atoms with Gasteiger partial charge in [-0.1, -0.05) is 37.0 Å². The van der Waals surface area contributed by atoms with E-state index < -0.39 is 0 Å². The predicted octanol–water partition coefficient (Wildman–Crippen LogP) is 2.56. The number of aryl methyl sites for hydroxylation is 1. The van der Waals surface area contributed by atoms with Gasteiger partial charge in [0.15, 0.2) is 0 Å². The SMILES string of the molecule is Cc1ccc(C(=O)NCC(C(=O)NCC#N)C2CCCCC2)cc1. The van der Waals surface area contributed by atoms with Gasteiger partial charge in [-0.25, -0.2) is 0 Å². The van der Waals surface area contributed by atoms with Crippen LogP contribution in [0.2, 0.25) is 0 Å². The van der Waals surface area contributed by atoms with Gasteiger partial charge in [-0.3, -0.25) is 9.59 Å². The molecule has 1 saturated carbocycles. The molecular formula is C19H25N3O2. The maximum absolute atomic E-state index is 12.4. The van der Waals surface area contributed by atoms with E-state index in [4.69, 9.17) is 5.26 Å². The molecule has 2 N–H and O–H groups in total. The van der Waals surface area contributed by atoms with Crippen LogP contribution in [0.4, 0.5) is 0 Å². The summed E-state index contributed by atoms with van der Waals surface area (Å²) >= 11 is 0. The lowest BCUT2D eigenvalue weighted by molar-refractivity contribution is -0.126. The first-order valence-corrected chi connectivity index (χ1v) is 8.61. The second-order valence-electron chi connectivity index (χ2n) is 6.46. The van der Waals surface area contributed by atoms with Crippen molar-refractivity contribution < 1.29 is 9.59 Å². The van der Waals surface area contributed by atoms with Crippen LogP contribution in [0.3, 0.4) is 0 Å². The smallest absolute Gasteiger partial charge is 0.251 e. The van der Waals surface area contributed by atoms with Gasteiger partial charge >= 0.3 is 0 Å². The molecule has 0 radical (unpaired) electrons. The van der Waals surface area contributed by atoms with Crippen molar-refractivity contribution in [3.8, 4) is 6.07 Å². The number of amides is 2. The lowest BCUT2D eigenvalue weighted by Crippen LogP contribution is -2.43. The molecule has 24 heavy (non-hydrogen) atoms. The number of nitriles is 1. The van der Waals surface area contributed by atoms with E-state index in [1.807, 2.05) is 25.1 Å². The van der Waals surface area contributed by atoms with Crippen LogP contribution in [0.15, 0.2) is 24.3 Å². The van der Waals surface area contributed by atoms with Crippen molar-refractivity contribution in [1.82, 2.24) is 10.6 Å². The molecule has 0 saturated heterocycles. The number of nitrogens with zero attached hydrogens (tertiary/aromatic N) is 1. The van der Waals surface area contributed by atoms with Gasteiger partial charge in [0.2, 0.25) is 5.91 Å². The first kappa shape index (κ1) is 18.0. The molecule has 1 unspecified atom stereocenters. The number of benzene rings is 1. The number of carbonyl (C=O) groups excluding carboxylic acids is 2. The van der Waals surface area contributed by atoms with E-state index >= 15 is 0 Å². The molecule has 1 fully saturated rings. The van der Waals surface area contributed by atoms with E-state index in [0.717, 1.165) is 31.2 Å². The zero-order chi connectivity index (χ0) is 17.4. The van der Waals surface area contributed by atoms with Crippen molar-refractivity contribution in [3.63, 3.8) is 0 Å². The quantitative estimate of drug-likeness (QED) is 0.788. The lowest BCUT2D eigenvalue weighted by atomic mass is 9.79. The molecule has 0 bridgehead atoms. The summed E-state index contributed by atoms with van der Waals surface area (Å²) in [6.45, 7) is 2.29. The third-order valence-electron chi connectivity index (χ3n) is 4.69. The van der Waals surface area contributed by atoms with Crippen LogP contribution in [0.5, 0.6) is 0 Å². The van der Waals surface area contributed by atoms with Crippen LogP contribution in [0.1, 0.15) is 48.0 Å². The van der Waals surface area contributed by atoms with Crippen LogP contribution in [-0.4, -0.2) is 24.9 Å². The highest BCUT2D eigenvalue weighted by Crippen LogP contribution is 2.30. The van der Waals surface area contributed by atoms with Gasteiger partial charge in [0.25, 0.3) is 5.91 Å². The number of nitrogens with one attached hydrogen (secondary N) is 2. The Labute approximate surface area is 143 Å². The van der Waals surface area contributed by atoms with Crippen LogP contribution in [0.25, 0.3) is 0 Å². The van der Waals surface area contributed by atoms with E-state index in [2.05, 4.69) is 10.6 Å². The van der Waals surface area contributed by atoms with Gasteiger partial charge in [-0.05, 0) is 37.8 Å². The number of rotatable bonds is 6. The first-order chi connectivity index (χ1) is 11.6. The monoisotopic (exact) mass is 327 g/mol. The lowest BCUT2D eigenvalue weighted by Gasteiger charge is -2.29. The molecular weight excluding hydrogens is 302 g/mol. The molecule has 0 heterocycles. The van der Waals surface area contributed by atoms with E-state index in [9.17, 15) is 9.59 Å². The third kappa shape index (κ3) is 5.09. The summed E-state index contributed by atoms with van der Waals surface area (Å²) in [7, 11) is 0. The highest BCUT2D eigenvalue weighted by Gasteiger charge is 2.29. The molecule has 1 aliphatic carbocycles. The highest BCUT2D eigenvalue weighted by atomic mass is 16.2. The van der Waals surface area contributed by atoms with E-state index in [1.54, 1.807) is 12.1 Å². The van der Waals surface area contributed by atoms with Crippen molar-refractivity contribution in [3.05, 3.63) is 35.4 Å². The number of hydrogen-bond donors (Lipinski definition) is 2. The van der Waals surface area contributed by atoms with Crippen molar-refractivity contribution in [2.75, 3.05) is 13.1 Å². The molecule has 128 valence electrons. The average Bonchev–Trinajstić information content (AvgIpc) is 2.61. The van der Waals surface area contributed by atoms with Crippen molar-refractivity contribution >= 4 is 11.8 Å². The highest BCUT2D eigenvalue weighted by molar-refractivity contribution is 5.94. The fraction of sp³-hybridized carbons (Fsp3) is 0.526. The maximum Gasteiger partial charge on any atom is 0.251 e. The first-order valence-electron chi connectivity index (χ1n) is 8.61. The Morgan fingerprint density at radius 1 is 1.17 bits per heavy atom. The van der Waals surface area contributed by atoms with Crippen LogP contribution >= 0.6 is 0 Å². The minimum Gasteiger partial charge on any atom is -0.351 e. The Morgan fingerprint density at radius 3 is 2.46 bits per heavy atom. The fourth-order valence-electron chi connectivity index (χ4n) is 3.28. The van der Waals surface area contributed by atoms with Gasteiger partial charge in [-0.15, -0.1) is 0 Å². The van der Waals surface area contributed by atoms with Crippen molar-refractivity contribution in [2.45, 2.75) is 39.0 Å². The molecule has 0 spiro atoms. The number of hydrogen-bond acceptors (Lipinski definition) is 3. The molecule has 1 aromatic rings. The summed E-state index contributed by atoms with van der Waals surface area (Å²) in [5.41, 5.74) is 1.70. The van der Waals surface area contributed by atoms with Gasteiger partial charge < -0.3 is 10.6 Å².